The fourth-order valence-electron chi connectivity index (χ4n) is 2.32. The number of carbonyl (C=O) groups excluding carboxylic acids is 2. The van der Waals surface area contributed by atoms with Crippen LogP contribution in [-0.2, 0) is 0 Å². The Balaban J connectivity index is 1.63. The van der Waals surface area contributed by atoms with Gasteiger partial charge in [0.1, 0.15) is 5.69 Å². The summed E-state index contributed by atoms with van der Waals surface area (Å²) in [6, 6.07) is 12.2. The van der Waals surface area contributed by atoms with Gasteiger partial charge in [-0.1, -0.05) is 29.8 Å². The van der Waals surface area contributed by atoms with Crippen LogP contribution in [0, 0.1) is 13.8 Å². The van der Waals surface area contributed by atoms with Gasteiger partial charge in [-0.3, -0.25) is 10.1 Å². The first-order chi connectivity index (χ1) is 12.9. The SMILES string of the molecule is Cc1ccc(C)c(NC(=O)c2csc(NC(=O)Nc3cccc(Cl)c3)n2)c1. The lowest BCUT2D eigenvalue weighted by molar-refractivity contribution is 0.102. The minimum Gasteiger partial charge on any atom is -0.320 e. The summed E-state index contributed by atoms with van der Waals surface area (Å²) in [6.45, 7) is 3.88. The summed E-state index contributed by atoms with van der Waals surface area (Å²) in [5.41, 5.74) is 3.54. The van der Waals surface area contributed by atoms with Gasteiger partial charge in [0.25, 0.3) is 5.91 Å². The number of aryl methyl sites for hydroxylation is 2. The first-order valence-corrected chi connectivity index (χ1v) is 9.34. The number of carbonyl (C=O) groups is 2. The Bertz CT molecular complexity index is 1000. The molecule has 0 unspecified atom stereocenters. The van der Waals surface area contributed by atoms with Crippen molar-refractivity contribution in [1.29, 1.82) is 0 Å². The molecule has 0 saturated heterocycles. The highest BCUT2D eigenvalue weighted by Gasteiger charge is 2.14. The lowest BCUT2D eigenvalue weighted by Crippen LogP contribution is -2.19. The predicted molar refractivity (Wildman–Crippen MR) is 110 cm³/mol. The van der Waals surface area contributed by atoms with E-state index in [2.05, 4.69) is 20.9 Å². The summed E-state index contributed by atoms with van der Waals surface area (Å²) in [6.07, 6.45) is 0. The van der Waals surface area contributed by atoms with Crippen LogP contribution in [0.4, 0.5) is 21.3 Å². The Morgan fingerprint density at radius 3 is 2.63 bits per heavy atom. The summed E-state index contributed by atoms with van der Waals surface area (Å²) in [4.78, 5) is 28.6. The Hall–Kier alpha value is -2.90. The zero-order valence-corrected chi connectivity index (χ0v) is 16.2. The van der Waals surface area contributed by atoms with E-state index in [1.165, 1.54) is 11.3 Å². The third-order valence-corrected chi connectivity index (χ3v) is 4.67. The Morgan fingerprint density at radius 1 is 1.04 bits per heavy atom. The van der Waals surface area contributed by atoms with E-state index >= 15 is 0 Å². The molecule has 27 heavy (non-hydrogen) atoms. The van der Waals surface area contributed by atoms with Gasteiger partial charge < -0.3 is 10.6 Å². The van der Waals surface area contributed by atoms with Crippen molar-refractivity contribution in [2.24, 2.45) is 0 Å². The van der Waals surface area contributed by atoms with Gasteiger partial charge in [0.2, 0.25) is 0 Å². The van der Waals surface area contributed by atoms with Crippen LogP contribution in [0.25, 0.3) is 0 Å². The number of urea groups is 1. The highest BCUT2D eigenvalue weighted by atomic mass is 35.5. The van der Waals surface area contributed by atoms with E-state index in [1.54, 1.807) is 29.6 Å². The molecular formula is C19H17ClN4O2S. The molecule has 3 rings (SSSR count). The van der Waals surface area contributed by atoms with Crippen LogP contribution in [0.3, 0.4) is 0 Å². The van der Waals surface area contributed by atoms with Crippen molar-refractivity contribution >= 4 is 51.4 Å². The second-order valence-electron chi connectivity index (χ2n) is 5.90. The molecule has 3 amide bonds. The first-order valence-electron chi connectivity index (χ1n) is 8.08. The topological polar surface area (TPSA) is 83.1 Å². The summed E-state index contributed by atoms with van der Waals surface area (Å²) < 4.78 is 0. The summed E-state index contributed by atoms with van der Waals surface area (Å²) >= 11 is 7.06. The van der Waals surface area contributed by atoms with E-state index in [9.17, 15) is 9.59 Å². The van der Waals surface area contributed by atoms with E-state index in [-0.39, 0.29) is 11.6 Å². The Morgan fingerprint density at radius 2 is 1.85 bits per heavy atom. The van der Waals surface area contributed by atoms with Gasteiger partial charge in [0.15, 0.2) is 5.13 Å². The van der Waals surface area contributed by atoms with E-state index in [4.69, 9.17) is 11.6 Å². The van der Waals surface area contributed by atoms with Crippen molar-refractivity contribution in [2.45, 2.75) is 13.8 Å². The van der Waals surface area contributed by atoms with Crippen LogP contribution in [-0.4, -0.2) is 16.9 Å². The molecular weight excluding hydrogens is 384 g/mol. The monoisotopic (exact) mass is 400 g/mol. The molecule has 1 aromatic heterocycles. The van der Waals surface area contributed by atoms with Crippen molar-refractivity contribution in [3.8, 4) is 0 Å². The summed E-state index contributed by atoms with van der Waals surface area (Å²) in [7, 11) is 0. The predicted octanol–water partition coefficient (Wildman–Crippen LogP) is 5.31. The fraction of sp³-hybridized carbons (Fsp3) is 0.105. The highest BCUT2D eigenvalue weighted by Crippen LogP contribution is 2.20. The van der Waals surface area contributed by atoms with Crippen molar-refractivity contribution in [3.05, 3.63) is 69.7 Å². The second-order valence-corrected chi connectivity index (χ2v) is 7.19. The largest absolute Gasteiger partial charge is 0.325 e. The molecule has 8 heteroatoms. The molecule has 0 saturated carbocycles. The maximum atomic E-state index is 12.4. The summed E-state index contributed by atoms with van der Waals surface area (Å²) in [5.74, 6) is -0.330. The van der Waals surface area contributed by atoms with Gasteiger partial charge in [0, 0.05) is 21.8 Å². The number of hydrogen-bond donors (Lipinski definition) is 3. The number of hydrogen-bond acceptors (Lipinski definition) is 4. The zero-order chi connectivity index (χ0) is 19.4. The maximum absolute atomic E-state index is 12.4. The molecule has 2 aromatic carbocycles. The van der Waals surface area contributed by atoms with E-state index in [1.807, 2.05) is 32.0 Å². The van der Waals surface area contributed by atoms with Crippen LogP contribution in [0.5, 0.6) is 0 Å². The standard InChI is InChI=1S/C19H17ClN4O2S/c1-11-6-7-12(2)15(8-11)22-17(25)16-10-27-19(23-16)24-18(26)21-14-5-3-4-13(20)9-14/h3-10H,1-2H3,(H,22,25)(H2,21,23,24,26). The molecule has 0 atom stereocenters. The lowest BCUT2D eigenvalue weighted by atomic mass is 10.1. The van der Waals surface area contributed by atoms with Crippen molar-refractivity contribution in [1.82, 2.24) is 4.98 Å². The summed E-state index contributed by atoms with van der Waals surface area (Å²) in [5, 5.41) is 10.5. The van der Waals surface area contributed by atoms with E-state index in [0.29, 0.717) is 15.8 Å². The number of nitrogens with one attached hydrogen (secondary N) is 3. The van der Waals surface area contributed by atoms with Crippen molar-refractivity contribution in [2.75, 3.05) is 16.0 Å². The molecule has 6 nitrogen and oxygen atoms in total. The maximum Gasteiger partial charge on any atom is 0.325 e. The quantitative estimate of drug-likeness (QED) is 0.555. The minimum absolute atomic E-state index is 0.235. The van der Waals surface area contributed by atoms with Gasteiger partial charge in [0.05, 0.1) is 0 Å². The average molecular weight is 401 g/mol. The molecule has 0 aliphatic carbocycles. The van der Waals surface area contributed by atoms with E-state index < -0.39 is 6.03 Å². The van der Waals surface area contributed by atoms with Crippen molar-refractivity contribution in [3.63, 3.8) is 0 Å². The average Bonchev–Trinajstić information content (AvgIpc) is 3.06. The molecule has 0 aliphatic rings. The van der Waals surface area contributed by atoms with Crippen LogP contribution >= 0.6 is 22.9 Å². The van der Waals surface area contributed by atoms with Gasteiger partial charge in [-0.25, -0.2) is 9.78 Å². The number of rotatable bonds is 4. The highest BCUT2D eigenvalue weighted by molar-refractivity contribution is 7.14. The van der Waals surface area contributed by atoms with E-state index in [0.717, 1.165) is 16.8 Å². The van der Waals surface area contributed by atoms with Gasteiger partial charge in [-0.2, -0.15) is 0 Å². The molecule has 0 bridgehead atoms. The fourth-order valence-corrected chi connectivity index (χ4v) is 3.19. The molecule has 0 aliphatic heterocycles. The third kappa shape index (κ3) is 5.06. The normalized spacial score (nSPS) is 10.3. The molecule has 0 radical (unpaired) electrons. The van der Waals surface area contributed by atoms with Gasteiger partial charge in [-0.15, -0.1) is 11.3 Å². The Labute approximate surface area is 165 Å². The van der Waals surface area contributed by atoms with Crippen LogP contribution in [0.15, 0.2) is 47.8 Å². The third-order valence-electron chi connectivity index (χ3n) is 3.68. The van der Waals surface area contributed by atoms with Crippen LogP contribution in [0.2, 0.25) is 5.02 Å². The number of amides is 3. The molecule has 3 aromatic rings. The number of anilines is 3. The molecule has 0 fully saturated rings. The molecule has 138 valence electrons. The number of nitrogens with zero attached hydrogens (tertiary/aromatic N) is 1. The minimum atomic E-state index is -0.465. The van der Waals surface area contributed by atoms with Crippen LogP contribution < -0.4 is 16.0 Å². The number of thiazole rings is 1. The first kappa shape index (κ1) is 18.9. The lowest BCUT2D eigenvalue weighted by Gasteiger charge is -2.08. The molecule has 1 heterocycles. The Kier molecular flexibility index (Phi) is 5.73. The van der Waals surface area contributed by atoms with Crippen LogP contribution in [0.1, 0.15) is 21.6 Å². The number of halogens is 1. The molecule has 0 spiro atoms. The smallest absolute Gasteiger partial charge is 0.320 e. The second kappa shape index (κ2) is 8.20. The molecule has 3 N–H and O–H groups in total. The van der Waals surface area contributed by atoms with Crippen molar-refractivity contribution < 1.29 is 9.59 Å². The van der Waals surface area contributed by atoms with Gasteiger partial charge in [-0.05, 0) is 49.2 Å². The number of benzene rings is 2. The zero-order valence-electron chi connectivity index (χ0n) is 14.7. The van der Waals surface area contributed by atoms with Gasteiger partial charge >= 0.3 is 6.03 Å². The number of aromatic nitrogens is 1.